The molecular weight excluding hydrogens is 298 g/mol. The van der Waals surface area contributed by atoms with Crippen LogP contribution in [0.1, 0.15) is 17.0 Å². The van der Waals surface area contributed by atoms with Crippen LogP contribution in [0.25, 0.3) is 22.2 Å². The maximum Gasteiger partial charge on any atom is 0.231 e. The fourth-order valence-corrected chi connectivity index (χ4v) is 2.93. The fraction of sp³-hybridized carbons (Fsp3) is 0.100. The van der Waals surface area contributed by atoms with E-state index in [1.54, 1.807) is 0 Å². The van der Waals surface area contributed by atoms with Crippen LogP contribution in [-0.2, 0) is 6.42 Å². The zero-order valence-corrected chi connectivity index (χ0v) is 13.4. The van der Waals surface area contributed by atoms with Gasteiger partial charge in [-0.15, -0.1) is 0 Å². The van der Waals surface area contributed by atoms with Crippen molar-refractivity contribution >= 4 is 16.5 Å². The van der Waals surface area contributed by atoms with Crippen LogP contribution in [0.15, 0.2) is 65.2 Å². The number of nitrogen functional groups attached to an aromatic ring is 1. The van der Waals surface area contributed by atoms with Gasteiger partial charge in [-0.05, 0) is 41.0 Å². The van der Waals surface area contributed by atoms with Gasteiger partial charge in [0.15, 0.2) is 0 Å². The van der Waals surface area contributed by atoms with Gasteiger partial charge in [-0.2, -0.15) is 4.98 Å². The molecule has 0 aliphatic heterocycles. The van der Waals surface area contributed by atoms with Crippen LogP contribution >= 0.6 is 0 Å². The van der Waals surface area contributed by atoms with Gasteiger partial charge in [-0.3, -0.25) is 0 Å². The molecule has 0 amide bonds. The van der Waals surface area contributed by atoms with E-state index < -0.39 is 0 Å². The number of hydrogen-bond donors (Lipinski definition) is 1. The van der Waals surface area contributed by atoms with E-state index >= 15 is 0 Å². The molecule has 1 heterocycles. The molecule has 1 aromatic heterocycles. The highest BCUT2D eigenvalue weighted by Crippen LogP contribution is 2.25. The first-order valence-corrected chi connectivity index (χ1v) is 7.86. The second kappa shape index (κ2) is 5.81. The normalized spacial score (nSPS) is 11.0. The Bertz CT molecular complexity index is 1020. The van der Waals surface area contributed by atoms with E-state index in [4.69, 9.17) is 10.3 Å². The molecule has 4 heteroatoms. The third kappa shape index (κ3) is 2.63. The SMILES string of the molecule is Cc1ccc(N)cc1-c1noc(Cc2cccc3ccccc23)n1. The first kappa shape index (κ1) is 14.5. The average Bonchev–Trinajstić information content (AvgIpc) is 3.06. The lowest BCUT2D eigenvalue weighted by atomic mass is 10.0. The monoisotopic (exact) mass is 315 g/mol. The Labute approximate surface area is 139 Å². The van der Waals surface area contributed by atoms with Gasteiger partial charge in [-0.25, -0.2) is 0 Å². The van der Waals surface area contributed by atoms with Crippen molar-refractivity contribution < 1.29 is 4.52 Å². The van der Waals surface area contributed by atoms with Crippen LogP contribution in [0.4, 0.5) is 5.69 Å². The van der Waals surface area contributed by atoms with Gasteiger partial charge in [0.25, 0.3) is 0 Å². The lowest BCUT2D eigenvalue weighted by Crippen LogP contribution is -1.92. The van der Waals surface area contributed by atoms with E-state index in [0.717, 1.165) is 11.1 Å². The Morgan fingerprint density at radius 1 is 1.00 bits per heavy atom. The number of aryl methyl sites for hydroxylation is 1. The summed E-state index contributed by atoms with van der Waals surface area (Å²) in [7, 11) is 0. The van der Waals surface area contributed by atoms with Gasteiger partial charge < -0.3 is 10.3 Å². The van der Waals surface area contributed by atoms with Crippen LogP contribution in [0.3, 0.4) is 0 Å². The second-order valence-electron chi connectivity index (χ2n) is 5.90. The highest BCUT2D eigenvalue weighted by molar-refractivity contribution is 5.85. The van der Waals surface area contributed by atoms with Gasteiger partial charge in [0.2, 0.25) is 11.7 Å². The summed E-state index contributed by atoms with van der Waals surface area (Å²) in [6, 6.07) is 20.3. The minimum Gasteiger partial charge on any atom is -0.399 e. The van der Waals surface area contributed by atoms with Crippen LogP contribution < -0.4 is 5.73 Å². The number of rotatable bonds is 3. The van der Waals surface area contributed by atoms with E-state index in [0.29, 0.717) is 23.8 Å². The van der Waals surface area contributed by atoms with Crippen molar-refractivity contribution in [3.63, 3.8) is 0 Å². The number of benzene rings is 3. The Morgan fingerprint density at radius 3 is 2.75 bits per heavy atom. The molecule has 0 spiro atoms. The summed E-state index contributed by atoms with van der Waals surface area (Å²) in [6.45, 7) is 2.01. The molecule has 0 fully saturated rings. The lowest BCUT2D eigenvalue weighted by Gasteiger charge is -2.03. The van der Waals surface area contributed by atoms with Gasteiger partial charge in [0.1, 0.15) is 0 Å². The average molecular weight is 315 g/mol. The summed E-state index contributed by atoms with van der Waals surface area (Å²) >= 11 is 0. The van der Waals surface area contributed by atoms with E-state index in [1.165, 1.54) is 16.3 Å². The molecule has 0 radical (unpaired) electrons. The first-order chi connectivity index (χ1) is 11.7. The summed E-state index contributed by atoms with van der Waals surface area (Å²) < 4.78 is 5.46. The molecular formula is C20H17N3O. The molecule has 0 bridgehead atoms. The molecule has 24 heavy (non-hydrogen) atoms. The predicted molar refractivity (Wildman–Crippen MR) is 95.6 cm³/mol. The number of fused-ring (bicyclic) bond motifs is 1. The summed E-state index contributed by atoms with van der Waals surface area (Å²) in [5.41, 5.74) is 9.71. The van der Waals surface area contributed by atoms with Crippen LogP contribution in [0.5, 0.6) is 0 Å². The molecule has 0 unspecified atom stereocenters. The molecule has 3 aromatic carbocycles. The topological polar surface area (TPSA) is 64.9 Å². The Hall–Kier alpha value is -3.14. The molecule has 0 aliphatic rings. The lowest BCUT2D eigenvalue weighted by molar-refractivity contribution is 0.386. The highest BCUT2D eigenvalue weighted by Gasteiger charge is 2.12. The van der Waals surface area contributed by atoms with Crippen LogP contribution in [0, 0.1) is 6.92 Å². The van der Waals surface area contributed by atoms with Gasteiger partial charge in [0, 0.05) is 11.3 Å². The van der Waals surface area contributed by atoms with Crippen molar-refractivity contribution in [1.82, 2.24) is 10.1 Å². The summed E-state index contributed by atoms with van der Waals surface area (Å²) in [4.78, 5) is 4.55. The second-order valence-corrected chi connectivity index (χ2v) is 5.90. The van der Waals surface area contributed by atoms with E-state index in [9.17, 15) is 0 Å². The van der Waals surface area contributed by atoms with E-state index in [2.05, 4.69) is 40.5 Å². The third-order valence-corrected chi connectivity index (χ3v) is 4.19. The number of aromatic nitrogens is 2. The van der Waals surface area contributed by atoms with Crippen molar-refractivity contribution in [2.24, 2.45) is 0 Å². The molecule has 4 aromatic rings. The van der Waals surface area contributed by atoms with Crippen molar-refractivity contribution in [3.8, 4) is 11.4 Å². The zero-order valence-electron chi connectivity index (χ0n) is 13.4. The molecule has 0 atom stereocenters. The summed E-state index contributed by atoms with van der Waals surface area (Å²) in [6.07, 6.45) is 0.607. The number of hydrogen-bond acceptors (Lipinski definition) is 4. The Balaban J connectivity index is 1.69. The number of nitrogens with zero attached hydrogens (tertiary/aromatic N) is 2. The first-order valence-electron chi connectivity index (χ1n) is 7.86. The van der Waals surface area contributed by atoms with Gasteiger partial charge in [-0.1, -0.05) is 53.7 Å². The number of anilines is 1. The third-order valence-electron chi connectivity index (χ3n) is 4.19. The van der Waals surface area contributed by atoms with E-state index in [-0.39, 0.29) is 0 Å². The van der Waals surface area contributed by atoms with Crippen LogP contribution in [-0.4, -0.2) is 10.1 Å². The van der Waals surface area contributed by atoms with E-state index in [1.807, 2.05) is 37.3 Å². The van der Waals surface area contributed by atoms with Crippen molar-refractivity contribution in [2.45, 2.75) is 13.3 Å². The van der Waals surface area contributed by atoms with Crippen molar-refractivity contribution in [2.75, 3.05) is 5.73 Å². The van der Waals surface area contributed by atoms with Gasteiger partial charge >= 0.3 is 0 Å². The standard InChI is InChI=1S/C20H17N3O/c1-13-9-10-16(21)12-18(13)20-22-19(24-23-20)11-15-7-4-6-14-5-2-3-8-17(14)15/h2-10,12H,11,21H2,1H3. The fourth-order valence-electron chi connectivity index (χ4n) is 2.93. The Kier molecular flexibility index (Phi) is 3.50. The molecule has 4 rings (SSSR count). The molecule has 4 nitrogen and oxygen atoms in total. The minimum absolute atomic E-state index is 0.579. The molecule has 0 saturated heterocycles. The molecule has 0 saturated carbocycles. The largest absolute Gasteiger partial charge is 0.399 e. The maximum absolute atomic E-state index is 5.87. The quantitative estimate of drug-likeness (QED) is 0.570. The smallest absolute Gasteiger partial charge is 0.231 e. The summed E-state index contributed by atoms with van der Waals surface area (Å²) in [5.74, 6) is 1.18. The summed E-state index contributed by atoms with van der Waals surface area (Å²) in [5, 5.41) is 6.54. The maximum atomic E-state index is 5.87. The molecule has 0 aliphatic carbocycles. The zero-order chi connectivity index (χ0) is 16.5. The minimum atomic E-state index is 0.579. The predicted octanol–water partition coefficient (Wildman–Crippen LogP) is 4.37. The van der Waals surface area contributed by atoms with Gasteiger partial charge in [0.05, 0.1) is 6.42 Å². The van der Waals surface area contributed by atoms with Crippen LogP contribution in [0.2, 0.25) is 0 Å². The number of nitrogens with two attached hydrogens (primary N) is 1. The molecule has 118 valence electrons. The highest BCUT2D eigenvalue weighted by atomic mass is 16.5. The van der Waals surface area contributed by atoms with Crippen molar-refractivity contribution in [1.29, 1.82) is 0 Å². The Morgan fingerprint density at radius 2 is 1.83 bits per heavy atom. The van der Waals surface area contributed by atoms with Crippen molar-refractivity contribution in [3.05, 3.63) is 77.7 Å². The molecule has 2 N–H and O–H groups in total.